The summed E-state index contributed by atoms with van der Waals surface area (Å²) in [5.74, 6) is 1.79. The van der Waals surface area contributed by atoms with Gasteiger partial charge in [-0.25, -0.2) is 0 Å². The molecule has 2 unspecified atom stereocenters. The number of likely N-dealkylation sites (N-methyl/N-ethyl adjacent to an activating group) is 1. The third kappa shape index (κ3) is 2.25. The molecule has 0 saturated carbocycles. The van der Waals surface area contributed by atoms with Gasteiger partial charge in [0.15, 0.2) is 11.5 Å². The van der Waals surface area contributed by atoms with E-state index in [9.17, 15) is 0 Å². The van der Waals surface area contributed by atoms with Crippen molar-refractivity contribution in [1.29, 1.82) is 0 Å². The molecule has 3 heteroatoms. The van der Waals surface area contributed by atoms with E-state index in [-0.39, 0.29) is 12.1 Å². The normalized spacial score (nSPS) is 22.1. The Morgan fingerprint density at radius 3 is 2.82 bits per heavy atom. The molecule has 3 nitrogen and oxygen atoms in total. The van der Waals surface area contributed by atoms with Crippen LogP contribution in [0.1, 0.15) is 38.3 Å². The molecule has 2 rings (SSSR count). The second-order valence-corrected chi connectivity index (χ2v) is 4.32. The SMILES string of the molecule is CCCC1Oc2c(OCC)cccc2C1NC. The van der Waals surface area contributed by atoms with Crippen LogP contribution in [0.2, 0.25) is 0 Å². The fourth-order valence-electron chi connectivity index (χ4n) is 2.44. The zero-order valence-electron chi connectivity index (χ0n) is 10.8. The molecule has 0 bridgehead atoms. The molecule has 2 atom stereocenters. The summed E-state index contributed by atoms with van der Waals surface area (Å²) in [6.07, 6.45) is 2.41. The number of fused-ring (bicyclic) bond motifs is 1. The first-order valence-corrected chi connectivity index (χ1v) is 6.41. The van der Waals surface area contributed by atoms with Crippen LogP contribution in [0.3, 0.4) is 0 Å². The first-order chi connectivity index (χ1) is 8.31. The first kappa shape index (κ1) is 12.2. The highest BCUT2D eigenvalue weighted by Crippen LogP contribution is 2.44. The lowest BCUT2D eigenvalue weighted by Crippen LogP contribution is -2.28. The molecule has 0 aliphatic carbocycles. The highest BCUT2D eigenvalue weighted by molar-refractivity contribution is 5.51. The van der Waals surface area contributed by atoms with Crippen molar-refractivity contribution in [1.82, 2.24) is 5.32 Å². The van der Waals surface area contributed by atoms with Gasteiger partial charge in [0.1, 0.15) is 6.10 Å². The zero-order valence-corrected chi connectivity index (χ0v) is 10.8. The molecule has 0 spiro atoms. The highest BCUT2D eigenvalue weighted by Gasteiger charge is 2.34. The molecular formula is C14H21NO2. The molecule has 17 heavy (non-hydrogen) atoms. The average Bonchev–Trinajstić information content (AvgIpc) is 2.68. The maximum Gasteiger partial charge on any atom is 0.166 e. The van der Waals surface area contributed by atoms with Crippen LogP contribution >= 0.6 is 0 Å². The van der Waals surface area contributed by atoms with Gasteiger partial charge in [-0.3, -0.25) is 0 Å². The van der Waals surface area contributed by atoms with Crippen molar-refractivity contribution >= 4 is 0 Å². The zero-order chi connectivity index (χ0) is 12.3. The van der Waals surface area contributed by atoms with Crippen LogP contribution in [-0.4, -0.2) is 19.8 Å². The summed E-state index contributed by atoms with van der Waals surface area (Å²) in [6, 6.07) is 6.41. The highest BCUT2D eigenvalue weighted by atomic mass is 16.5. The molecule has 1 aliphatic rings. The van der Waals surface area contributed by atoms with Gasteiger partial charge in [-0.2, -0.15) is 0 Å². The van der Waals surface area contributed by atoms with Crippen LogP contribution in [0, 0.1) is 0 Å². The topological polar surface area (TPSA) is 30.5 Å². The second-order valence-electron chi connectivity index (χ2n) is 4.32. The van der Waals surface area contributed by atoms with E-state index in [1.165, 1.54) is 5.56 Å². The Balaban J connectivity index is 2.30. The van der Waals surface area contributed by atoms with E-state index in [0.717, 1.165) is 24.3 Å². The Kier molecular flexibility index (Phi) is 3.89. The predicted molar refractivity (Wildman–Crippen MR) is 68.7 cm³/mol. The molecule has 1 aliphatic heterocycles. The van der Waals surface area contributed by atoms with E-state index >= 15 is 0 Å². The third-order valence-electron chi connectivity index (χ3n) is 3.17. The fraction of sp³-hybridized carbons (Fsp3) is 0.571. The second kappa shape index (κ2) is 5.41. The van der Waals surface area contributed by atoms with Gasteiger partial charge >= 0.3 is 0 Å². The first-order valence-electron chi connectivity index (χ1n) is 6.41. The van der Waals surface area contributed by atoms with E-state index in [2.05, 4.69) is 18.3 Å². The van der Waals surface area contributed by atoms with E-state index in [1.807, 2.05) is 26.1 Å². The summed E-state index contributed by atoms with van der Waals surface area (Å²) in [6.45, 7) is 4.85. The van der Waals surface area contributed by atoms with Gasteiger partial charge in [0.2, 0.25) is 0 Å². The number of hydrogen-bond donors (Lipinski definition) is 1. The summed E-state index contributed by atoms with van der Waals surface area (Å²) >= 11 is 0. The van der Waals surface area contributed by atoms with Crippen LogP contribution in [0.15, 0.2) is 18.2 Å². The lowest BCUT2D eigenvalue weighted by Gasteiger charge is -2.17. The molecule has 0 saturated heterocycles. The number of benzene rings is 1. The average molecular weight is 235 g/mol. The van der Waals surface area contributed by atoms with Crippen molar-refractivity contribution in [2.45, 2.75) is 38.8 Å². The van der Waals surface area contributed by atoms with Crippen LogP contribution < -0.4 is 14.8 Å². The molecule has 94 valence electrons. The molecule has 0 amide bonds. The molecule has 1 aromatic carbocycles. The Morgan fingerprint density at radius 1 is 1.35 bits per heavy atom. The quantitative estimate of drug-likeness (QED) is 0.851. The standard InChI is InChI=1S/C14H21NO2/c1-4-7-11-13(15-3)10-8-6-9-12(16-5-2)14(10)17-11/h6,8-9,11,13,15H,4-5,7H2,1-3H3. The smallest absolute Gasteiger partial charge is 0.166 e. The van der Waals surface area contributed by atoms with Gasteiger partial charge in [-0.05, 0) is 26.5 Å². The molecular weight excluding hydrogens is 214 g/mol. The molecule has 1 heterocycles. The van der Waals surface area contributed by atoms with Crippen molar-refractivity contribution in [2.75, 3.05) is 13.7 Å². The van der Waals surface area contributed by atoms with Gasteiger partial charge in [-0.15, -0.1) is 0 Å². The third-order valence-corrected chi connectivity index (χ3v) is 3.17. The number of rotatable bonds is 5. The summed E-state index contributed by atoms with van der Waals surface area (Å²) < 4.78 is 11.7. The van der Waals surface area contributed by atoms with E-state index < -0.39 is 0 Å². The molecule has 0 radical (unpaired) electrons. The summed E-state index contributed by atoms with van der Waals surface area (Å²) in [5, 5.41) is 3.34. The van der Waals surface area contributed by atoms with Gasteiger partial charge in [0, 0.05) is 5.56 Å². The number of para-hydroxylation sites is 1. The minimum Gasteiger partial charge on any atom is -0.490 e. The van der Waals surface area contributed by atoms with Crippen LogP contribution in [-0.2, 0) is 0 Å². The van der Waals surface area contributed by atoms with E-state index in [4.69, 9.17) is 9.47 Å². The summed E-state index contributed by atoms with van der Waals surface area (Å²) in [5.41, 5.74) is 1.22. The largest absolute Gasteiger partial charge is 0.490 e. The molecule has 0 aromatic heterocycles. The fourth-order valence-corrected chi connectivity index (χ4v) is 2.44. The Hall–Kier alpha value is -1.22. The van der Waals surface area contributed by atoms with Crippen molar-refractivity contribution in [2.24, 2.45) is 0 Å². The Bertz CT molecular complexity index is 378. The minimum atomic E-state index is 0.224. The summed E-state index contributed by atoms with van der Waals surface area (Å²) in [7, 11) is 1.99. The van der Waals surface area contributed by atoms with Crippen molar-refractivity contribution in [3.8, 4) is 11.5 Å². The van der Waals surface area contributed by atoms with Crippen LogP contribution in [0.5, 0.6) is 11.5 Å². The summed E-state index contributed by atoms with van der Waals surface area (Å²) in [4.78, 5) is 0. The minimum absolute atomic E-state index is 0.224. The predicted octanol–water partition coefficient (Wildman–Crippen LogP) is 2.91. The lowest BCUT2D eigenvalue weighted by atomic mass is 10.0. The van der Waals surface area contributed by atoms with Crippen molar-refractivity contribution < 1.29 is 9.47 Å². The maximum absolute atomic E-state index is 6.05. The molecule has 0 fully saturated rings. The number of ether oxygens (including phenoxy) is 2. The molecule has 1 N–H and O–H groups in total. The van der Waals surface area contributed by atoms with Gasteiger partial charge in [-0.1, -0.05) is 25.5 Å². The van der Waals surface area contributed by atoms with Crippen LogP contribution in [0.4, 0.5) is 0 Å². The molecule has 1 aromatic rings. The Morgan fingerprint density at radius 2 is 2.18 bits per heavy atom. The van der Waals surface area contributed by atoms with E-state index in [0.29, 0.717) is 6.61 Å². The van der Waals surface area contributed by atoms with Gasteiger partial charge in [0.25, 0.3) is 0 Å². The van der Waals surface area contributed by atoms with E-state index in [1.54, 1.807) is 0 Å². The number of nitrogens with one attached hydrogen (secondary N) is 1. The van der Waals surface area contributed by atoms with Crippen LogP contribution in [0.25, 0.3) is 0 Å². The Labute approximate surface area is 103 Å². The van der Waals surface area contributed by atoms with Gasteiger partial charge in [0.05, 0.1) is 12.6 Å². The maximum atomic E-state index is 6.05. The van der Waals surface area contributed by atoms with Gasteiger partial charge < -0.3 is 14.8 Å². The monoisotopic (exact) mass is 235 g/mol. The van der Waals surface area contributed by atoms with Crippen molar-refractivity contribution in [3.63, 3.8) is 0 Å². The van der Waals surface area contributed by atoms with Crippen molar-refractivity contribution in [3.05, 3.63) is 23.8 Å². The lowest BCUT2D eigenvalue weighted by molar-refractivity contribution is 0.175. The number of hydrogen-bond acceptors (Lipinski definition) is 3.